The number of halogens is 1. The van der Waals surface area contributed by atoms with Crippen LogP contribution in [0, 0.1) is 5.92 Å². The molecule has 2 unspecified atom stereocenters. The second kappa shape index (κ2) is 6.38. The Bertz CT molecular complexity index is 419. The molecular weight excluding hydrogens is 302 g/mol. The topological polar surface area (TPSA) is 35.2 Å². The Balaban J connectivity index is 1.90. The van der Waals surface area contributed by atoms with Gasteiger partial charge in [0.25, 0.3) is 0 Å². The van der Waals surface area contributed by atoms with Crippen molar-refractivity contribution in [1.82, 2.24) is 0 Å². The van der Waals surface area contributed by atoms with Gasteiger partial charge in [0.05, 0.1) is 11.7 Å². The Morgan fingerprint density at radius 3 is 2.84 bits per heavy atom. The average molecular weight is 326 g/mol. The third-order valence-corrected chi connectivity index (χ3v) is 4.39. The molecule has 0 amide bonds. The van der Waals surface area contributed by atoms with Crippen LogP contribution in [0.1, 0.15) is 38.7 Å². The van der Waals surface area contributed by atoms with Gasteiger partial charge in [0.2, 0.25) is 0 Å². The van der Waals surface area contributed by atoms with Crippen molar-refractivity contribution in [1.29, 1.82) is 0 Å². The van der Waals surface area contributed by atoms with Crippen molar-refractivity contribution in [3.8, 4) is 0 Å². The van der Waals surface area contributed by atoms with E-state index in [4.69, 9.17) is 10.5 Å². The lowest BCUT2D eigenvalue weighted by molar-refractivity contribution is -0.0240. The minimum Gasteiger partial charge on any atom is -0.372 e. The van der Waals surface area contributed by atoms with E-state index in [1.807, 2.05) is 0 Å². The molecule has 0 bridgehead atoms. The lowest BCUT2D eigenvalue weighted by atomic mass is 9.92. The van der Waals surface area contributed by atoms with Gasteiger partial charge in [-0.2, -0.15) is 0 Å². The first kappa shape index (κ1) is 15.0. The summed E-state index contributed by atoms with van der Waals surface area (Å²) < 4.78 is 7.22. The molecule has 0 spiro atoms. The number of hydrogen-bond donors (Lipinski definition) is 1. The van der Waals surface area contributed by atoms with Crippen molar-refractivity contribution in [2.24, 2.45) is 11.7 Å². The molecule has 0 radical (unpaired) electrons. The fraction of sp³-hybridized carbons (Fsp3) is 0.625. The molecule has 1 aliphatic rings. The van der Waals surface area contributed by atoms with E-state index in [1.54, 1.807) is 0 Å². The molecular formula is C16H24BrNO. The highest BCUT2D eigenvalue weighted by Crippen LogP contribution is 2.33. The molecule has 2 nitrogen and oxygen atoms in total. The molecule has 106 valence electrons. The molecule has 1 heterocycles. The van der Waals surface area contributed by atoms with E-state index in [0.29, 0.717) is 12.0 Å². The molecule has 0 aromatic heterocycles. The van der Waals surface area contributed by atoms with E-state index in [0.717, 1.165) is 30.3 Å². The van der Waals surface area contributed by atoms with Crippen LogP contribution in [-0.2, 0) is 11.2 Å². The van der Waals surface area contributed by atoms with Crippen molar-refractivity contribution in [2.75, 3.05) is 6.54 Å². The molecule has 2 atom stereocenters. The Labute approximate surface area is 124 Å². The maximum absolute atomic E-state index is 6.08. The van der Waals surface area contributed by atoms with Crippen LogP contribution in [-0.4, -0.2) is 18.2 Å². The van der Waals surface area contributed by atoms with Crippen LogP contribution in [0.3, 0.4) is 0 Å². The second-order valence-corrected chi connectivity index (χ2v) is 7.13. The number of hydrogen-bond acceptors (Lipinski definition) is 2. The minimum absolute atomic E-state index is 0.0551. The number of rotatable bonds is 5. The van der Waals surface area contributed by atoms with Crippen molar-refractivity contribution >= 4 is 15.9 Å². The molecule has 2 N–H and O–H groups in total. The smallest absolute Gasteiger partial charge is 0.0631 e. The predicted molar refractivity (Wildman–Crippen MR) is 83.2 cm³/mol. The van der Waals surface area contributed by atoms with Gasteiger partial charge in [-0.25, -0.2) is 0 Å². The Kier molecular flexibility index (Phi) is 5.04. The van der Waals surface area contributed by atoms with Crippen LogP contribution in [0.2, 0.25) is 0 Å². The zero-order chi connectivity index (χ0) is 13.9. The fourth-order valence-corrected chi connectivity index (χ4v) is 3.32. The Morgan fingerprint density at radius 1 is 1.47 bits per heavy atom. The molecule has 1 aliphatic heterocycles. The first-order valence-corrected chi connectivity index (χ1v) is 7.90. The van der Waals surface area contributed by atoms with E-state index in [2.05, 4.69) is 54.0 Å². The van der Waals surface area contributed by atoms with Gasteiger partial charge in [0, 0.05) is 4.47 Å². The predicted octanol–water partition coefficient (Wildman–Crippen LogP) is 3.91. The van der Waals surface area contributed by atoms with Crippen LogP contribution < -0.4 is 5.73 Å². The monoisotopic (exact) mass is 325 g/mol. The molecule has 1 fully saturated rings. The summed E-state index contributed by atoms with van der Waals surface area (Å²) in [5.41, 5.74) is 7.34. The normalized spacial score (nSPS) is 23.5. The summed E-state index contributed by atoms with van der Waals surface area (Å²) in [5, 5.41) is 0. The molecule has 1 saturated heterocycles. The van der Waals surface area contributed by atoms with Crippen molar-refractivity contribution in [2.45, 2.75) is 51.2 Å². The van der Waals surface area contributed by atoms with Gasteiger partial charge in [-0.3, -0.25) is 0 Å². The Morgan fingerprint density at radius 2 is 2.26 bits per heavy atom. The largest absolute Gasteiger partial charge is 0.372 e. The van der Waals surface area contributed by atoms with Gasteiger partial charge in [-0.1, -0.05) is 28.1 Å². The van der Waals surface area contributed by atoms with Crippen LogP contribution in [0.15, 0.2) is 28.7 Å². The number of ether oxygens (including phenoxy) is 1. The first-order valence-electron chi connectivity index (χ1n) is 7.11. The van der Waals surface area contributed by atoms with Gasteiger partial charge in [-0.15, -0.1) is 0 Å². The molecule has 1 aromatic carbocycles. The van der Waals surface area contributed by atoms with E-state index >= 15 is 0 Å². The summed E-state index contributed by atoms with van der Waals surface area (Å²) >= 11 is 3.52. The van der Waals surface area contributed by atoms with Crippen molar-refractivity contribution in [3.05, 3.63) is 34.3 Å². The molecule has 3 heteroatoms. The standard InChI is InChI=1S/C16H24BrNO/c1-16(2)7-6-15(19-16)10-13(11-18)8-12-4-3-5-14(17)9-12/h3-5,9,13,15H,6-8,10-11,18H2,1-2H3. The van der Waals surface area contributed by atoms with Gasteiger partial charge in [0.15, 0.2) is 0 Å². The maximum Gasteiger partial charge on any atom is 0.0631 e. The number of nitrogens with two attached hydrogens (primary N) is 1. The van der Waals surface area contributed by atoms with Crippen molar-refractivity contribution in [3.63, 3.8) is 0 Å². The molecule has 2 rings (SSSR count). The lowest BCUT2D eigenvalue weighted by Crippen LogP contribution is -2.25. The van der Waals surface area contributed by atoms with Gasteiger partial charge in [-0.05, 0) is 69.7 Å². The summed E-state index contributed by atoms with van der Waals surface area (Å²) in [6.07, 6.45) is 4.83. The molecule has 19 heavy (non-hydrogen) atoms. The van der Waals surface area contributed by atoms with Crippen LogP contribution in [0.4, 0.5) is 0 Å². The van der Waals surface area contributed by atoms with Gasteiger partial charge in [0.1, 0.15) is 0 Å². The molecule has 0 aliphatic carbocycles. The van der Waals surface area contributed by atoms with E-state index < -0.39 is 0 Å². The summed E-state index contributed by atoms with van der Waals surface area (Å²) in [5.74, 6) is 0.508. The van der Waals surface area contributed by atoms with Crippen LogP contribution >= 0.6 is 15.9 Å². The van der Waals surface area contributed by atoms with Crippen LogP contribution in [0.5, 0.6) is 0 Å². The Hall–Kier alpha value is -0.380. The van der Waals surface area contributed by atoms with Crippen molar-refractivity contribution < 1.29 is 4.74 Å². The zero-order valence-electron chi connectivity index (χ0n) is 11.9. The molecule has 1 aromatic rings. The fourth-order valence-electron chi connectivity index (χ4n) is 2.88. The average Bonchev–Trinajstić information content (AvgIpc) is 2.68. The third-order valence-electron chi connectivity index (χ3n) is 3.90. The highest BCUT2D eigenvalue weighted by Gasteiger charge is 2.32. The lowest BCUT2D eigenvalue weighted by Gasteiger charge is -2.22. The van der Waals surface area contributed by atoms with E-state index in [-0.39, 0.29) is 5.60 Å². The second-order valence-electron chi connectivity index (χ2n) is 6.21. The van der Waals surface area contributed by atoms with Gasteiger partial charge >= 0.3 is 0 Å². The zero-order valence-corrected chi connectivity index (χ0v) is 13.4. The maximum atomic E-state index is 6.08. The third kappa shape index (κ3) is 4.59. The summed E-state index contributed by atoms with van der Waals surface area (Å²) in [6.45, 7) is 5.09. The summed E-state index contributed by atoms with van der Waals surface area (Å²) in [6, 6.07) is 8.50. The first-order chi connectivity index (χ1) is 8.98. The van der Waals surface area contributed by atoms with Crippen LogP contribution in [0.25, 0.3) is 0 Å². The van der Waals surface area contributed by atoms with E-state index in [9.17, 15) is 0 Å². The quantitative estimate of drug-likeness (QED) is 0.890. The SMILES string of the molecule is CC1(C)CCC(CC(CN)Cc2cccc(Br)c2)O1. The minimum atomic E-state index is 0.0551. The summed E-state index contributed by atoms with van der Waals surface area (Å²) in [4.78, 5) is 0. The summed E-state index contributed by atoms with van der Waals surface area (Å²) in [7, 11) is 0. The highest BCUT2D eigenvalue weighted by atomic mass is 79.9. The highest BCUT2D eigenvalue weighted by molar-refractivity contribution is 9.10. The number of benzene rings is 1. The molecule has 0 saturated carbocycles. The van der Waals surface area contributed by atoms with E-state index in [1.165, 1.54) is 12.0 Å². The van der Waals surface area contributed by atoms with Gasteiger partial charge < -0.3 is 10.5 Å².